The first-order valence-corrected chi connectivity index (χ1v) is 14.7. The van der Waals surface area contributed by atoms with Crippen molar-refractivity contribution >= 4 is 34.3 Å². The van der Waals surface area contributed by atoms with Crippen LogP contribution < -0.4 is 5.32 Å². The van der Waals surface area contributed by atoms with Gasteiger partial charge in [-0.15, -0.1) is 0 Å². The Hall–Kier alpha value is -1.67. The van der Waals surface area contributed by atoms with E-state index < -0.39 is 52.2 Å². The van der Waals surface area contributed by atoms with Gasteiger partial charge in [0, 0.05) is 6.04 Å². The van der Waals surface area contributed by atoms with Gasteiger partial charge in [-0.3, -0.25) is 4.57 Å². The number of aryl methyl sites for hydroxylation is 1. The lowest BCUT2D eigenvalue weighted by Gasteiger charge is -2.27. The number of nitrogens with one attached hydrogen (secondary N) is 1. The summed E-state index contributed by atoms with van der Waals surface area (Å²) in [6.45, 7) is 5.71. The summed E-state index contributed by atoms with van der Waals surface area (Å²) in [6.07, 6.45) is -1.14. The van der Waals surface area contributed by atoms with Crippen molar-refractivity contribution in [2.75, 3.05) is 11.1 Å². The summed E-state index contributed by atoms with van der Waals surface area (Å²) in [5.41, 5.74) is 0.334. The molecule has 2 aliphatic rings. The first-order chi connectivity index (χ1) is 16.1. The van der Waals surface area contributed by atoms with Crippen molar-refractivity contribution in [2.24, 2.45) is 5.92 Å². The minimum atomic E-state index is -5.04. The van der Waals surface area contributed by atoms with Crippen molar-refractivity contribution in [2.45, 2.75) is 82.0 Å². The minimum Gasteiger partial charge on any atom is -0.387 e. The van der Waals surface area contributed by atoms with Crippen molar-refractivity contribution in [3.63, 3.8) is 0 Å². The Kier molecular flexibility index (Phi) is 6.80. The van der Waals surface area contributed by atoms with E-state index in [0.717, 1.165) is 33.1 Å². The van der Waals surface area contributed by atoms with Gasteiger partial charge in [-0.05, 0) is 39.5 Å². The van der Waals surface area contributed by atoms with Gasteiger partial charge < -0.3 is 30.1 Å². The van der Waals surface area contributed by atoms with Crippen LogP contribution in [0.25, 0.3) is 11.0 Å². The van der Waals surface area contributed by atoms with Gasteiger partial charge in [0.2, 0.25) is 0 Å². The molecule has 3 heterocycles. The Labute approximate surface area is 203 Å². The van der Waals surface area contributed by atoms with Crippen molar-refractivity contribution in [1.82, 2.24) is 19.7 Å². The molecule has 4 rings (SSSR count). The zero-order valence-corrected chi connectivity index (χ0v) is 21.6. The topological polar surface area (TPSA) is 197 Å². The van der Waals surface area contributed by atoms with Crippen LogP contribution in [-0.2, 0) is 19.1 Å². The van der Waals surface area contributed by atoms with Gasteiger partial charge in [-0.2, -0.15) is 5.10 Å². The van der Waals surface area contributed by atoms with E-state index in [1.165, 1.54) is 10.9 Å². The van der Waals surface area contributed by atoms with Crippen LogP contribution in [0.5, 0.6) is 0 Å². The average molecular weight is 534 g/mol. The van der Waals surface area contributed by atoms with E-state index in [1.54, 1.807) is 6.92 Å². The molecule has 5 N–H and O–H groups in total. The SMILES string of the molecule is Cc1nc(NC2CCCC2C)c2cnn([C@@H]3O[C@H](CS(=O)(=O)C(C)(C)P(=O)(O)O)[C@@H](O)[C@H]3O)c2n1. The van der Waals surface area contributed by atoms with Crippen LogP contribution in [0.15, 0.2) is 6.20 Å². The second kappa shape index (κ2) is 9.02. The van der Waals surface area contributed by atoms with Crippen LogP contribution in [-0.4, -0.2) is 82.8 Å². The number of aliphatic hydroxyl groups is 2. The van der Waals surface area contributed by atoms with E-state index in [1.807, 2.05) is 0 Å². The molecule has 0 radical (unpaired) electrons. The molecule has 2 aromatic rings. The number of fused-ring (bicyclic) bond motifs is 1. The molecule has 0 aromatic carbocycles. The van der Waals surface area contributed by atoms with Gasteiger partial charge >= 0.3 is 7.60 Å². The summed E-state index contributed by atoms with van der Waals surface area (Å²) in [4.78, 5) is 27.9. The zero-order chi connectivity index (χ0) is 25.9. The summed E-state index contributed by atoms with van der Waals surface area (Å²) in [6, 6.07) is 0.248. The van der Waals surface area contributed by atoms with E-state index in [0.29, 0.717) is 28.6 Å². The Balaban J connectivity index is 1.63. The molecule has 15 heteroatoms. The second-order valence-electron chi connectivity index (χ2n) is 9.92. The predicted molar refractivity (Wildman–Crippen MR) is 126 cm³/mol. The Morgan fingerprint density at radius 2 is 1.91 bits per heavy atom. The molecule has 2 unspecified atom stereocenters. The van der Waals surface area contributed by atoms with E-state index >= 15 is 0 Å². The monoisotopic (exact) mass is 533 g/mol. The largest absolute Gasteiger partial charge is 0.387 e. The number of aromatic nitrogens is 4. The molecule has 1 aliphatic heterocycles. The zero-order valence-electron chi connectivity index (χ0n) is 19.9. The fourth-order valence-corrected chi connectivity index (χ4v) is 7.33. The van der Waals surface area contributed by atoms with Crippen molar-refractivity contribution < 1.29 is 37.7 Å². The van der Waals surface area contributed by atoms with Gasteiger partial charge in [-0.25, -0.2) is 23.1 Å². The number of hydrogen-bond donors (Lipinski definition) is 5. The molecule has 2 fully saturated rings. The highest BCUT2D eigenvalue weighted by molar-refractivity contribution is 7.99. The maximum absolute atomic E-state index is 12.8. The molecule has 1 saturated carbocycles. The van der Waals surface area contributed by atoms with Crippen molar-refractivity contribution in [3.8, 4) is 0 Å². The maximum Gasteiger partial charge on any atom is 0.346 e. The van der Waals surface area contributed by atoms with Crippen LogP contribution in [0.2, 0.25) is 0 Å². The molecule has 6 atom stereocenters. The first-order valence-electron chi connectivity index (χ1n) is 11.4. The fourth-order valence-electron chi connectivity index (χ4n) is 4.54. The highest BCUT2D eigenvalue weighted by Crippen LogP contribution is 2.54. The van der Waals surface area contributed by atoms with Crippen molar-refractivity contribution in [3.05, 3.63) is 12.0 Å². The summed E-state index contributed by atoms with van der Waals surface area (Å²) < 4.78 is 41.9. The highest BCUT2D eigenvalue weighted by atomic mass is 32.2. The summed E-state index contributed by atoms with van der Waals surface area (Å²) in [5, 5.41) is 29.5. The Bertz CT molecular complexity index is 1260. The molecule has 0 amide bonds. The Morgan fingerprint density at radius 1 is 1.23 bits per heavy atom. The van der Waals surface area contributed by atoms with E-state index in [4.69, 9.17) is 4.74 Å². The molecule has 0 spiro atoms. The minimum absolute atomic E-state index is 0.248. The van der Waals surface area contributed by atoms with Gasteiger partial charge in [-0.1, -0.05) is 13.3 Å². The van der Waals surface area contributed by atoms with Crippen LogP contribution in [0.4, 0.5) is 5.82 Å². The molecular formula is C20H32N5O8PS. The number of nitrogens with zero attached hydrogens (tertiary/aromatic N) is 4. The summed E-state index contributed by atoms with van der Waals surface area (Å²) >= 11 is 0. The van der Waals surface area contributed by atoms with Crippen molar-refractivity contribution in [1.29, 1.82) is 0 Å². The number of rotatable bonds is 7. The lowest BCUT2D eigenvalue weighted by Crippen LogP contribution is -2.41. The molecule has 35 heavy (non-hydrogen) atoms. The third-order valence-corrected chi connectivity index (χ3v) is 12.4. The first kappa shape index (κ1) is 26.4. The maximum atomic E-state index is 12.8. The fraction of sp³-hybridized carbons (Fsp3) is 0.750. The lowest BCUT2D eigenvalue weighted by atomic mass is 10.1. The molecule has 13 nitrogen and oxygen atoms in total. The van der Waals surface area contributed by atoms with Gasteiger partial charge in [0.05, 0.1) is 17.3 Å². The molecule has 1 aliphatic carbocycles. The third kappa shape index (κ3) is 4.61. The molecule has 2 aromatic heterocycles. The lowest BCUT2D eigenvalue weighted by molar-refractivity contribution is -0.0365. The van der Waals surface area contributed by atoms with Gasteiger partial charge in [0.25, 0.3) is 0 Å². The highest BCUT2D eigenvalue weighted by Gasteiger charge is 2.53. The number of ether oxygens (including phenoxy) is 1. The smallest absolute Gasteiger partial charge is 0.346 e. The molecule has 1 saturated heterocycles. The van der Waals surface area contributed by atoms with Crippen LogP contribution in [0.3, 0.4) is 0 Å². The van der Waals surface area contributed by atoms with E-state index in [9.17, 15) is 33.0 Å². The second-order valence-corrected chi connectivity index (χ2v) is 15.0. The normalized spacial score (nSPS) is 30.3. The summed E-state index contributed by atoms with van der Waals surface area (Å²) in [5.74, 6) is 0.612. The van der Waals surface area contributed by atoms with Gasteiger partial charge in [0.15, 0.2) is 26.2 Å². The van der Waals surface area contributed by atoms with Crippen LogP contribution >= 0.6 is 7.60 Å². The molecule has 0 bridgehead atoms. The quantitative estimate of drug-likeness (QED) is 0.313. The number of sulfone groups is 1. The standard InChI is InChI=1S/C20H32N5O8PS/c1-10-6-5-7-13(10)24-17-12-8-21-25(18(12)23-11(2)22-17)19-16(27)15(26)14(33-19)9-35(31,32)20(3,4)34(28,29)30/h8,10,13-16,19,26-27H,5-7,9H2,1-4H3,(H,22,23,24)(H2,28,29,30)/t10?,13?,14-,15-,16-,19-/m1/s1. The molecular weight excluding hydrogens is 501 g/mol. The Morgan fingerprint density at radius 3 is 2.51 bits per heavy atom. The van der Waals surface area contributed by atoms with E-state index in [-0.39, 0.29) is 6.04 Å². The van der Waals surface area contributed by atoms with Gasteiger partial charge in [0.1, 0.15) is 30.0 Å². The molecule has 196 valence electrons. The third-order valence-electron chi connectivity index (χ3n) is 7.17. The number of hydrogen-bond acceptors (Lipinski definition) is 10. The average Bonchev–Trinajstić information content (AvgIpc) is 3.41. The van der Waals surface area contributed by atoms with Crippen LogP contribution in [0.1, 0.15) is 52.1 Å². The van der Waals surface area contributed by atoms with Crippen LogP contribution in [0, 0.1) is 12.8 Å². The summed E-state index contributed by atoms with van der Waals surface area (Å²) in [7, 11) is -9.48. The predicted octanol–water partition coefficient (Wildman–Crippen LogP) is 0.683. The number of anilines is 1. The van der Waals surface area contributed by atoms with E-state index in [2.05, 4.69) is 27.3 Å². The number of aliphatic hydroxyl groups excluding tert-OH is 2.